The smallest absolute Gasteiger partial charge is 0.317 e. The van der Waals surface area contributed by atoms with Crippen LogP contribution >= 0.6 is 11.3 Å². The van der Waals surface area contributed by atoms with E-state index in [0.717, 1.165) is 24.3 Å². The van der Waals surface area contributed by atoms with Gasteiger partial charge in [0.2, 0.25) is 5.91 Å². The van der Waals surface area contributed by atoms with E-state index in [1.54, 1.807) is 16.2 Å². The predicted octanol–water partition coefficient (Wildman–Crippen LogP) is 1.57. The maximum absolute atomic E-state index is 12.4. The Kier molecular flexibility index (Phi) is 6.67. The molecule has 0 saturated carbocycles. The molecule has 0 radical (unpaired) electrons. The summed E-state index contributed by atoms with van der Waals surface area (Å²) in [5.41, 5.74) is 0. The lowest BCUT2D eigenvalue weighted by molar-refractivity contribution is -0.118. The first-order valence-electron chi connectivity index (χ1n) is 7.56. The van der Waals surface area contributed by atoms with Crippen molar-refractivity contribution in [1.82, 2.24) is 15.5 Å². The predicted molar refractivity (Wildman–Crippen MR) is 85.8 cm³/mol. The van der Waals surface area contributed by atoms with Gasteiger partial charge in [0.15, 0.2) is 0 Å². The molecule has 0 aliphatic carbocycles. The second kappa shape index (κ2) is 8.75. The number of carbonyl (C=O) groups excluding carboxylic acids is 2. The minimum absolute atomic E-state index is 0.0935. The molecule has 0 spiro atoms. The van der Waals surface area contributed by atoms with Crippen molar-refractivity contribution < 1.29 is 14.3 Å². The molecule has 0 aromatic carbocycles. The summed E-state index contributed by atoms with van der Waals surface area (Å²) < 4.78 is 5.63. The summed E-state index contributed by atoms with van der Waals surface area (Å²) in [6.45, 7) is 4.29. The molecule has 1 aliphatic heterocycles. The second-order valence-corrected chi connectivity index (χ2v) is 6.34. The number of nitrogens with one attached hydrogen (secondary N) is 2. The molecule has 2 N–H and O–H groups in total. The van der Waals surface area contributed by atoms with E-state index in [2.05, 4.69) is 10.6 Å². The van der Waals surface area contributed by atoms with Crippen LogP contribution in [0.15, 0.2) is 17.5 Å². The first-order valence-corrected chi connectivity index (χ1v) is 8.44. The van der Waals surface area contributed by atoms with Gasteiger partial charge in [-0.2, -0.15) is 0 Å². The number of amides is 3. The fourth-order valence-corrected chi connectivity index (χ4v) is 3.08. The molecule has 122 valence electrons. The van der Waals surface area contributed by atoms with Crippen molar-refractivity contribution in [3.63, 3.8) is 0 Å². The van der Waals surface area contributed by atoms with Crippen molar-refractivity contribution in [2.45, 2.75) is 32.4 Å². The number of nitrogens with zero attached hydrogens (tertiary/aromatic N) is 1. The van der Waals surface area contributed by atoms with Crippen molar-refractivity contribution in [3.8, 4) is 0 Å². The molecule has 1 aliphatic rings. The zero-order valence-corrected chi connectivity index (χ0v) is 13.7. The Morgan fingerprint density at radius 2 is 2.23 bits per heavy atom. The first-order chi connectivity index (χ1) is 10.6. The lowest BCUT2D eigenvalue weighted by Crippen LogP contribution is -2.45. The third-order valence-corrected chi connectivity index (χ3v) is 4.30. The summed E-state index contributed by atoms with van der Waals surface area (Å²) in [6.07, 6.45) is 2.18. The van der Waals surface area contributed by atoms with Crippen LogP contribution in [0.1, 0.15) is 24.6 Å². The Hall–Kier alpha value is -1.60. The zero-order chi connectivity index (χ0) is 15.8. The summed E-state index contributed by atoms with van der Waals surface area (Å²) in [5.74, 6) is -0.0935. The number of hydrogen-bond donors (Lipinski definition) is 2. The van der Waals surface area contributed by atoms with Crippen LogP contribution in [0, 0.1) is 0 Å². The van der Waals surface area contributed by atoms with Gasteiger partial charge in [-0.15, -0.1) is 11.3 Å². The monoisotopic (exact) mass is 325 g/mol. The molecule has 0 bridgehead atoms. The van der Waals surface area contributed by atoms with Crippen molar-refractivity contribution in [3.05, 3.63) is 22.4 Å². The van der Waals surface area contributed by atoms with Gasteiger partial charge in [-0.3, -0.25) is 4.79 Å². The van der Waals surface area contributed by atoms with E-state index >= 15 is 0 Å². The number of thiophene rings is 1. The standard InChI is InChI=1S/C15H23N3O3S/c1-12(19)16-6-7-17-15(20)18(10-13-4-2-8-21-13)11-14-5-3-9-22-14/h3,5,9,13H,2,4,6-8,10-11H2,1H3,(H,16,19)(H,17,20)/t13-/m0/s1. The fraction of sp³-hybridized carbons (Fsp3) is 0.600. The van der Waals surface area contributed by atoms with Crippen molar-refractivity contribution in [1.29, 1.82) is 0 Å². The molecule has 1 saturated heterocycles. The van der Waals surface area contributed by atoms with E-state index in [9.17, 15) is 9.59 Å². The average Bonchev–Trinajstić information content (AvgIpc) is 3.16. The maximum Gasteiger partial charge on any atom is 0.317 e. The highest BCUT2D eigenvalue weighted by atomic mass is 32.1. The number of carbonyl (C=O) groups is 2. The Labute approximate surface area is 134 Å². The van der Waals surface area contributed by atoms with Crippen LogP contribution in [0.5, 0.6) is 0 Å². The molecule has 2 heterocycles. The molecule has 1 fully saturated rings. The van der Waals surface area contributed by atoms with Crippen LogP contribution in [0.2, 0.25) is 0 Å². The van der Waals surface area contributed by atoms with Crippen LogP contribution in [0.3, 0.4) is 0 Å². The Balaban J connectivity index is 1.84. The van der Waals surface area contributed by atoms with Gasteiger partial charge >= 0.3 is 6.03 Å². The molecule has 1 atom stereocenters. The summed E-state index contributed by atoms with van der Waals surface area (Å²) in [6, 6.07) is 3.89. The Bertz CT molecular complexity index is 472. The molecule has 0 unspecified atom stereocenters. The molecule has 7 heteroatoms. The topological polar surface area (TPSA) is 70.7 Å². The normalized spacial score (nSPS) is 17.2. The Morgan fingerprint density at radius 1 is 1.41 bits per heavy atom. The van der Waals surface area contributed by atoms with Crippen molar-refractivity contribution in [2.75, 3.05) is 26.2 Å². The van der Waals surface area contributed by atoms with Gasteiger partial charge in [0, 0.05) is 38.0 Å². The molecule has 1 aromatic heterocycles. The molecule has 1 aromatic rings. The van der Waals surface area contributed by atoms with Crippen LogP contribution in [0.25, 0.3) is 0 Å². The van der Waals surface area contributed by atoms with Crippen molar-refractivity contribution >= 4 is 23.3 Å². The maximum atomic E-state index is 12.4. The van der Waals surface area contributed by atoms with Crippen LogP contribution in [-0.2, 0) is 16.1 Å². The minimum atomic E-state index is -0.116. The average molecular weight is 325 g/mol. The van der Waals surface area contributed by atoms with Gasteiger partial charge in [-0.25, -0.2) is 4.79 Å². The van der Waals surface area contributed by atoms with Gasteiger partial charge in [0.25, 0.3) is 0 Å². The van der Waals surface area contributed by atoms with E-state index in [1.807, 2.05) is 17.5 Å². The zero-order valence-electron chi connectivity index (χ0n) is 12.8. The fourth-order valence-electron chi connectivity index (χ4n) is 2.36. The van der Waals surface area contributed by atoms with Gasteiger partial charge in [-0.05, 0) is 24.3 Å². The van der Waals surface area contributed by atoms with Gasteiger partial charge in [0.1, 0.15) is 0 Å². The summed E-state index contributed by atoms with van der Waals surface area (Å²) in [4.78, 5) is 26.1. The molecule has 2 rings (SSSR count). The lowest BCUT2D eigenvalue weighted by Gasteiger charge is -2.25. The highest BCUT2D eigenvalue weighted by Crippen LogP contribution is 2.17. The van der Waals surface area contributed by atoms with Crippen LogP contribution in [-0.4, -0.2) is 49.2 Å². The highest BCUT2D eigenvalue weighted by molar-refractivity contribution is 7.09. The third-order valence-electron chi connectivity index (χ3n) is 3.44. The number of ether oxygens (including phenoxy) is 1. The van der Waals surface area contributed by atoms with Gasteiger partial charge in [0.05, 0.1) is 12.6 Å². The molecular weight excluding hydrogens is 302 g/mol. The summed E-state index contributed by atoms with van der Waals surface area (Å²) >= 11 is 1.64. The van der Waals surface area contributed by atoms with E-state index in [4.69, 9.17) is 4.74 Å². The minimum Gasteiger partial charge on any atom is -0.376 e. The number of hydrogen-bond acceptors (Lipinski definition) is 4. The van der Waals surface area contributed by atoms with E-state index in [1.165, 1.54) is 6.92 Å². The molecule has 6 nitrogen and oxygen atoms in total. The second-order valence-electron chi connectivity index (χ2n) is 5.31. The number of urea groups is 1. The lowest BCUT2D eigenvalue weighted by atomic mass is 10.2. The number of rotatable bonds is 7. The van der Waals surface area contributed by atoms with E-state index < -0.39 is 0 Å². The molecule has 22 heavy (non-hydrogen) atoms. The highest BCUT2D eigenvalue weighted by Gasteiger charge is 2.22. The quantitative estimate of drug-likeness (QED) is 0.748. The van der Waals surface area contributed by atoms with Crippen LogP contribution < -0.4 is 10.6 Å². The van der Waals surface area contributed by atoms with E-state index in [0.29, 0.717) is 26.2 Å². The molecule has 3 amide bonds. The van der Waals surface area contributed by atoms with Gasteiger partial charge < -0.3 is 20.3 Å². The molecular formula is C15H23N3O3S. The first kappa shape index (κ1) is 16.8. The third kappa shape index (κ3) is 5.65. The van der Waals surface area contributed by atoms with E-state index in [-0.39, 0.29) is 18.0 Å². The Morgan fingerprint density at radius 3 is 2.86 bits per heavy atom. The SMILES string of the molecule is CC(=O)NCCNC(=O)N(Cc1cccs1)C[C@@H]1CCCO1. The van der Waals surface area contributed by atoms with Crippen LogP contribution in [0.4, 0.5) is 4.79 Å². The summed E-state index contributed by atoms with van der Waals surface area (Å²) in [7, 11) is 0. The van der Waals surface area contributed by atoms with Gasteiger partial charge in [-0.1, -0.05) is 6.07 Å². The van der Waals surface area contributed by atoms with Crippen molar-refractivity contribution in [2.24, 2.45) is 0 Å². The largest absolute Gasteiger partial charge is 0.376 e. The summed E-state index contributed by atoms with van der Waals surface area (Å²) in [5, 5.41) is 7.52.